The summed E-state index contributed by atoms with van der Waals surface area (Å²) in [4.78, 5) is 12.4. The van der Waals surface area contributed by atoms with Crippen molar-refractivity contribution in [1.82, 2.24) is 0 Å². The van der Waals surface area contributed by atoms with E-state index in [0.717, 1.165) is 17.4 Å². The molecule has 0 aromatic heterocycles. The van der Waals surface area contributed by atoms with Gasteiger partial charge in [0.15, 0.2) is 0 Å². The van der Waals surface area contributed by atoms with Crippen LogP contribution in [0, 0.1) is 15.9 Å². The molecular weight excluding hydrogens is 273 g/mol. The van der Waals surface area contributed by atoms with Crippen LogP contribution < -0.4 is 10.2 Å². The molecule has 0 heterocycles. The summed E-state index contributed by atoms with van der Waals surface area (Å²) in [6, 6.07) is 11.1. The van der Waals surface area contributed by atoms with Crippen LogP contribution in [0.15, 0.2) is 42.5 Å². The van der Waals surface area contributed by atoms with Crippen LogP contribution in [0.3, 0.4) is 0 Å². The fraction of sp³-hybridized carbons (Fsp3) is 0.200. The molecule has 0 amide bonds. The molecule has 2 aromatic carbocycles. The van der Waals surface area contributed by atoms with Gasteiger partial charge in [0.2, 0.25) is 0 Å². The fourth-order valence-electron chi connectivity index (χ4n) is 1.95. The summed E-state index contributed by atoms with van der Waals surface area (Å²) in [6.45, 7) is 0.190. The lowest BCUT2D eigenvalue weighted by Gasteiger charge is -2.13. The number of nitrogens with zero attached hydrogens (tertiary/aromatic N) is 2. The third kappa shape index (κ3) is 3.68. The van der Waals surface area contributed by atoms with Crippen LogP contribution in [0.1, 0.15) is 5.56 Å². The second-order valence-electron chi connectivity index (χ2n) is 4.82. The smallest absolute Gasteiger partial charge is 0.274 e. The van der Waals surface area contributed by atoms with Crippen molar-refractivity contribution in [3.8, 4) is 0 Å². The van der Waals surface area contributed by atoms with E-state index in [2.05, 4.69) is 5.32 Å². The van der Waals surface area contributed by atoms with E-state index in [-0.39, 0.29) is 12.2 Å². The first-order valence-electron chi connectivity index (χ1n) is 6.41. The Kier molecular flexibility index (Phi) is 4.37. The molecule has 0 saturated heterocycles. The van der Waals surface area contributed by atoms with Crippen molar-refractivity contribution in [1.29, 1.82) is 0 Å². The third-order valence-electron chi connectivity index (χ3n) is 3.10. The standard InChI is InChI=1S/C15H16FN3O2/c1-18(2)14-6-4-13(5-7-14)17-10-11-9-12(16)3-8-15(11)19(20)21/h3-9,17H,10H2,1-2H3. The second-order valence-corrected chi connectivity index (χ2v) is 4.82. The van der Waals surface area contributed by atoms with Crippen LogP contribution >= 0.6 is 0 Å². The molecule has 0 aliphatic carbocycles. The summed E-state index contributed by atoms with van der Waals surface area (Å²) in [5, 5.41) is 14.0. The molecule has 6 heteroatoms. The summed E-state index contributed by atoms with van der Waals surface area (Å²) in [5.74, 6) is -0.486. The second kappa shape index (κ2) is 6.21. The van der Waals surface area contributed by atoms with Gasteiger partial charge in [0, 0.05) is 38.1 Å². The summed E-state index contributed by atoms with van der Waals surface area (Å²) in [6.07, 6.45) is 0. The number of nitrogens with one attached hydrogen (secondary N) is 1. The minimum atomic E-state index is -0.508. The summed E-state index contributed by atoms with van der Waals surface area (Å²) in [5.41, 5.74) is 2.10. The van der Waals surface area contributed by atoms with Gasteiger partial charge in [0.05, 0.1) is 10.5 Å². The Bertz CT molecular complexity index is 642. The predicted molar refractivity (Wildman–Crippen MR) is 81.2 cm³/mol. The fourth-order valence-corrected chi connectivity index (χ4v) is 1.95. The van der Waals surface area contributed by atoms with E-state index in [9.17, 15) is 14.5 Å². The van der Waals surface area contributed by atoms with Gasteiger partial charge >= 0.3 is 0 Å². The molecule has 0 aliphatic heterocycles. The van der Waals surface area contributed by atoms with Crippen molar-refractivity contribution in [3.05, 3.63) is 64.0 Å². The van der Waals surface area contributed by atoms with Crippen LogP contribution in [0.4, 0.5) is 21.5 Å². The maximum Gasteiger partial charge on any atom is 0.274 e. The van der Waals surface area contributed by atoms with Gasteiger partial charge < -0.3 is 10.2 Å². The van der Waals surface area contributed by atoms with Gasteiger partial charge in [0.1, 0.15) is 5.82 Å². The van der Waals surface area contributed by atoms with E-state index in [1.807, 2.05) is 43.3 Å². The number of hydrogen-bond acceptors (Lipinski definition) is 4. The topological polar surface area (TPSA) is 58.4 Å². The Hall–Kier alpha value is -2.63. The molecular formula is C15H16FN3O2. The van der Waals surface area contributed by atoms with Crippen LogP contribution in [-0.4, -0.2) is 19.0 Å². The van der Waals surface area contributed by atoms with Gasteiger partial charge in [-0.3, -0.25) is 10.1 Å². The Morgan fingerprint density at radius 2 is 1.86 bits per heavy atom. The molecule has 2 aromatic rings. The van der Waals surface area contributed by atoms with Gasteiger partial charge in [-0.1, -0.05) is 0 Å². The first kappa shape index (κ1) is 14.8. The molecule has 0 spiro atoms. The average molecular weight is 289 g/mol. The van der Waals surface area contributed by atoms with E-state index in [1.165, 1.54) is 12.1 Å². The summed E-state index contributed by atoms with van der Waals surface area (Å²) >= 11 is 0. The molecule has 110 valence electrons. The maximum absolute atomic E-state index is 13.2. The molecule has 21 heavy (non-hydrogen) atoms. The number of benzene rings is 2. The van der Waals surface area contributed by atoms with E-state index in [1.54, 1.807) is 0 Å². The highest BCUT2D eigenvalue weighted by Crippen LogP contribution is 2.22. The van der Waals surface area contributed by atoms with Gasteiger partial charge in [0.25, 0.3) is 5.69 Å². The lowest BCUT2D eigenvalue weighted by molar-refractivity contribution is -0.385. The van der Waals surface area contributed by atoms with Crippen molar-refractivity contribution in [2.24, 2.45) is 0 Å². The van der Waals surface area contributed by atoms with Crippen molar-refractivity contribution < 1.29 is 9.31 Å². The zero-order valence-corrected chi connectivity index (χ0v) is 11.8. The highest BCUT2D eigenvalue weighted by Gasteiger charge is 2.13. The Labute approximate surface area is 122 Å². The molecule has 0 bridgehead atoms. The highest BCUT2D eigenvalue weighted by atomic mass is 19.1. The van der Waals surface area contributed by atoms with E-state index in [4.69, 9.17) is 0 Å². The quantitative estimate of drug-likeness (QED) is 0.677. The number of nitro groups is 1. The molecule has 1 N–H and O–H groups in total. The zero-order chi connectivity index (χ0) is 15.4. The lowest BCUT2D eigenvalue weighted by atomic mass is 10.1. The van der Waals surface area contributed by atoms with Crippen molar-refractivity contribution in [2.75, 3.05) is 24.3 Å². The first-order chi connectivity index (χ1) is 9.97. The van der Waals surface area contributed by atoms with Crippen LogP contribution in [-0.2, 0) is 6.54 Å². The minimum Gasteiger partial charge on any atom is -0.381 e. The third-order valence-corrected chi connectivity index (χ3v) is 3.10. The Balaban J connectivity index is 2.12. The lowest BCUT2D eigenvalue weighted by Crippen LogP contribution is -2.08. The number of halogens is 1. The zero-order valence-electron chi connectivity index (χ0n) is 11.8. The molecule has 0 unspecified atom stereocenters. The van der Waals surface area contributed by atoms with Gasteiger partial charge in [-0.05, 0) is 36.4 Å². The SMILES string of the molecule is CN(C)c1ccc(NCc2cc(F)ccc2[N+](=O)[O-])cc1. The molecule has 5 nitrogen and oxygen atoms in total. The molecule has 0 saturated carbocycles. The Morgan fingerprint density at radius 3 is 2.43 bits per heavy atom. The monoisotopic (exact) mass is 289 g/mol. The van der Waals surface area contributed by atoms with E-state index < -0.39 is 10.7 Å². The molecule has 0 aliphatic rings. The molecule has 0 fully saturated rings. The predicted octanol–water partition coefficient (Wildman–Crippen LogP) is 3.41. The largest absolute Gasteiger partial charge is 0.381 e. The molecule has 0 radical (unpaired) electrons. The number of rotatable bonds is 5. The van der Waals surface area contributed by atoms with E-state index in [0.29, 0.717) is 5.56 Å². The normalized spacial score (nSPS) is 10.2. The van der Waals surface area contributed by atoms with Gasteiger partial charge in [-0.25, -0.2) is 4.39 Å². The number of hydrogen-bond donors (Lipinski definition) is 1. The van der Waals surface area contributed by atoms with Crippen molar-refractivity contribution in [2.45, 2.75) is 6.54 Å². The van der Waals surface area contributed by atoms with Crippen molar-refractivity contribution >= 4 is 17.1 Å². The minimum absolute atomic E-state index is 0.0891. The molecule has 2 rings (SSSR count). The van der Waals surface area contributed by atoms with Crippen LogP contribution in [0.2, 0.25) is 0 Å². The maximum atomic E-state index is 13.2. The van der Waals surface area contributed by atoms with Gasteiger partial charge in [-0.15, -0.1) is 0 Å². The number of anilines is 2. The molecule has 0 atom stereocenters. The van der Waals surface area contributed by atoms with Crippen LogP contribution in [0.25, 0.3) is 0 Å². The Morgan fingerprint density at radius 1 is 1.19 bits per heavy atom. The highest BCUT2D eigenvalue weighted by molar-refractivity contribution is 5.55. The number of nitro benzene ring substituents is 1. The van der Waals surface area contributed by atoms with Gasteiger partial charge in [-0.2, -0.15) is 0 Å². The van der Waals surface area contributed by atoms with E-state index >= 15 is 0 Å². The summed E-state index contributed by atoms with van der Waals surface area (Å²) < 4.78 is 13.2. The summed E-state index contributed by atoms with van der Waals surface area (Å²) in [7, 11) is 3.89. The van der Waals surface area contributed by atoms with Crippen LogP contribution in [0.5, 0.6) is 0 Å². The van der Waals surface area contributed by atoms with Crippen molar-refractivity contribution in [3.63, 3.8) is 0 Å². The first-order valence-corrected chi connectivity index (χ1v) is 6.41. The average Bonchev–Trinajstić information content (AvgIpc) is 2.45.